The van der Waals surface area contributed by atoms with Gasteiger partial charge in [-0.1, -0.05) is 12.1 Å². The molecule has 3 aromatic heterocycles. The second kappa shape index (κ2) is 7.24. The van der Waals surface area contributed by atoms with E-state index in [0.717, 1.165) is 85.2 Å². The van der Waals surface area contributed by atoms with Crippen molar-refractivity contribution in [2.24, 2.45) is 0 Å². The van der Waals surface area contributed by atoms with Crippen LogP contribution in [-0.2, 0) is 6.42 Å². The van der Waals surface area contributed by atoms with Crippen LogP contribution in [0.3, 0.4) is 0 Å². The molecule has 2 N–H and O–H groups in total. The summed E-state index contributed by atoms with van der Waals surface area (Å²) >= 11 is 0. The number of aryl methyl sites for hydroxylation is 1. The average molecular weight is 453 g/mol. The summed E-state index contributed by atoms with van der Waals surface area (Å²) in [5.74, 6) is 2.44. The number of ether oxygens (including phenoxy) is 1. The number of hydrogen-bond donors (Lipinski definition) is 2. The number of nitrogens with zero attached hydrogens (tertiary/aromatic N) is 6. The molecule has 0 amide bonds. The zero-order valence-electron chi connectivity index (χ0n) is 18.7. The van der Waals surface area contributed by atoms with Gasteiger partial charge in [0.2, 0.25) is 0 Å². The first-order chi connectivity index (χ1) is 16.7. The van der Waals surface area contributed by atoms with Gasteiger partial charge >= 0.3 is 0 Å². The number of pyridine rings is 1. The van der Waals surface area contributed by atoms with E-state index in [1.165, 1.54) is 0 Å². The van der Waals surface area contributed by atoms with Gasteiger partial charge in [0, 0.05) is 44.2 Å². The van der Waals surface area contributed by atoms with E-state index < -0.39 is 5.60 Å². The normalized spacial score (nSPS) is 18.8. The molecule has 0 atom stereocenters. The van der Waals surface area contributed by atoms with Gasteiger partial charge in [0.05, 0.1) is 23.3 Å². The molecule has 0 radical (unpaired) electrons. The van der Waals surface area contributed by atoms with E-state index in [4.69, 9.17) is 20.1 Å². The van der Waals surface area contributed by atoms with Crippen molar-refractivity contribution in [1.82, 2.24) is 25.1 Å². The molecule has 7 rings (SSSR count). The number of hydrogen-bond acceptors (Lipinski definition) is 8. The summed E-state index contributed by atoms with van der Waals surface area (Å²) in [6, 6.07) is 11.9. The summed E-state index contributed by atoms with van der Waals surface area (Å²) in [4.78, 5) is 18.6. The number of benzene rings is 1. The van der Waals surface area contributed by atoms with E-state index >= 15 is 0 Å². The summed E-state index contributed by atoms with van der Waals surface area (Å²) in [5.41, 5.74) is 4.61. The number of rotatable bonds is 2. The van der Waals surface area contributed by atoms with Crippen molar-refractivity contribution in [2.75, 3.05) is 29.4 Å². The lowest BCUT2D eigenvalue weighted by molar-refractivity contribution is 0.124. The Hall–Kier alpha value is -4.01. The topological polar surface area (TPSA) is 107 Å². The number of piperidine rings is 1. The maximum absolute atomic E-state index is 8.71. The minimum Gasteiger partial charge on any atom is -0.480 e. The van der Waals surface area contributed by atoms with Crippen molar-refractivity contribution < 1.29 is 4.74 Å². The highest BCUT2D eigenvalue weighted by molar-refractivity contribution is 6.09. The average Bonchev–Trinajstić information content (AvgIpc) is 3.43. The van der Waals surface area contributed by atoms with Crippen molar-refractivity contribution in [3.05, 3.63) is 60.0 Å². The van der Waals surface area contributed by atoms with Crippen LogP contribution in [0.15, 0.2) is 48.8 Å². The number of aromatic amines is 1. The number of H-pyrrole nitrogens is 1. The summed E-state index contributed by atoms with van der Waals surface area (Å²) in [7, 11) is 0. The molecule has 1 spiro atoms. The van der Waals surface area contributed by atoms with Crippen LogP contribution in [0.2, 0.25) is 0 Å². The molecule has 0 unspecified atom stereocenters. The van der Waals surface area contributed by atoms with Crippen molar-refractivity contribution in [3.63, 3.8) is 0 Å². The van der Waals surface area contributed by atoms with Crippen LogP contribution in [-0.4, -0.2) is 56.1 Å². The SMILES string of the molecule is N=C1c2ccccc2OC12CCN(c1cnc3c(N4CCCc5ncccc54)n[nH]c3n1)CC2. The number of para-hydroxylation sites is 1. The Labute approximate surface area is 196 Å². The van der Waals surface area contributed by atoms with Gasteiger partial charge in [-0.2, -0.15) is 5.10 Å². The fourth-order valence-electron chi connectivity index (χ4n) is 5.45. The van der Waals surface area contributed by atoms with E-state index in [0.29, 0.717) is 11.4 Å². The maximum Gasteiger partial charge on any atom is 0.183 e. The Morgan fingerprint density at radius 2 is 1.91 bits per heavy atom. The minimum atomic E-state index is -0.533. The molecule has 0 bridgehead atoms. The highest BCUT2D eigenvalue weighted by Crippen LogP contribution is 2.41. The van der Waals surface area contributed by atoms with Crippen LogP contribution in [0.4, 0.5) is 17.3 Å². The Bertz CT molecular complexity index is 1420. The van der Waals surface area contributed by atoms with Gasteiger partial charge < -0.3 is 19.9 Å². The summed E-state index contributed by atoms with van der Waals surface area (Å²) in [6.07, 6.45) is 7.17. The van der Waals surface area contributed by atoms with Crippen LogP contribution in [0, 0.1) is 5.41 Å². The van der Waals surface area contributed by atoms with Gasteiger partial charge in [-0.15, -0.1) is 0 Å². The molecule has 170 valence electrons. The lowest BCUT2D eigenvalue weighted by Gasteiger charge is -2.38. The van der Waals surface area contributed by atoms with Gasteiger partial charge in [0.15, 0.2) is 22.6 Å². The second-order valence-electron chi connectivity index (χ2n) is 9.15. The van der Waals surface area contributed by atoms with E-state index in [1.54, 1.807) is 0 Å². The molecule has 0 aliphatic carbocycles. The van der Waals surface area contributed by atoms with E-state index in [2.05, 4.69) is 31.0 Å². The number of aromatic nitrogens is 5. The molecular weight excluding hydrogens is 428 g/mol. The van der Waals surface area contributed by atoms with Gasteiger partial charge in [0.1, 0.15) is 11.6 Å². The molecule has 9 nitrogen and oxygen atoms in total. The van der Waals surface area contributed by atoms with Crippen molar-refractivity contribution in [1.29, 1.82) is 5.41 Å². The molecule has 1 fully saturated rings. The Kier molecular flexibility index (Phi) is 4.15. The van der Waals surface area contributed by atoms with Crippen LogP contribution in [0.1, 0.15) is 30.5 Å². The Morgan fingerprint density at radius 3 is 2.79 bits per heavy atom. The third-order valence-electron chi connectivity index (χ3n) is 7.26. The number of fused-ring (bicyclic) bond motifs is 3. The van der Waals surface area contributed by atoms with E-state index in [1.807, 2.05) is 42.7 Å². The van der Waals surface area contributed by atoms with Crippen molar-refractivity contribution >= 4 is 34.2 Å². The van der Waals surface area contributed by atoms with Gasteiger partial charge in [-0.05, 0) is 37.1 Å². The Balaban J connectivity index is 1.13. The van der Waals surface area contributed by atoms with Crippen molar-refractivity contribution in [2.45, 2.75) is 31.3 Å². The van der Waals surface area contributed by atoms with E-state index in [9.17, 15) is 0 Å². The third kappa shape index (κ3) is 2.82. The molecule has 1 aromatic carbocycles. The molecule has 6 heterocycles. The van der Waals surface area contributed by atoms with Crippen LogP contribution in [0.5, 0.6) is 5.75 Å². The predicted octanol–water partition coefficient (Wildman–Crippen LogP) is 3.63. The van der Waals surface area contributed by atoms with Crippen LogP contribution >= 0.6 is 0 Å². The first kappa shape index (κ1) is 19.5. The van der Waals surface area contributed by atoms with Crippen molar-refractivity contribution in [3.8, 4) is 5.75 Å². The molecule has 0 saturated carbocycles. The highest BCUT2D eigenvalue weighted by atomic mass is 16.5. The maximum atomic E-state index is 8.71. The molecule has 3 aliphatic heterocycles. The first-order valence-electron chi connectivity index (χ1n) is 11.8. The lowest BCUT2D eigenvalue weighted by atomic mass is 9.85. The lowest BCUT2D eigenvalue weighted by Crippen LogP contribution is -2.50. The number of anilines is 3. The molecular formula is C25H24N8O. The Morgan fingerprint density at radius 1 is 1.03 bits per heavy atom. The highest BCUT2D eigenvalue weighted by Gasteiger charge is 2.47. The zero-order chi connectivity index (χ0) is 22.7. The summed E-state index contributed by atoms with van der Waals surface area (Å²) in [5, 5.41) is 16.4. The fourth-order valence-corrected chi connectivity index (χ4v) is 5.45. The number of nitrogens with one attached hydrogen (secondary N) is 2. The van der Waals surface area contributed by atoms with Gasteiger partial charge in [-0.3, -0.25) is 10.1 Å². The quantitative estimate of drug-likeness (QED) is 0.478. The first-order valence-corrected chi connectivity index (χ1v) is 11.8. The van der Waals surface area contributed by atoms with Crippen LogP contribution < -0.4 is 14.5 Å². The monoisotopic (exact) mass is 452 g/mol. The summed E-state index contributed by atoms with van der Waals surface area (Å²) in [6.45, 7) is 2.38. The predicted molar refractivity (Wildman–Crippen MR) is 129 cm³/mol. The smallest absolute Gasteiger partial charge is 0.183 e. The fraction of sp³-hybridized carbons (Fsp3) is 0.320. The van der Waals surface area contributed by atoms with Gasteiger partial charge in [0.25, 0.3) is 0 Å². The summed E-state index contributed by atoms with van der Waals surface area (Å²) < 4.78 is 6.29. The largest absolute Gasteiger partial charge is 0.480 e. The molecule has 34 heavy (non-hydrogen) atoms. The minimum absolute atomic E-state index is 0.533. The van der Waals surface area contributed by atoms with E-state index in [-0.39, 0.29) is 0 Å². The van der Waals surface area contributed by atoms with Crippen LogP contribution in [0.25, 0.3) is 11.2 Å². The zero-order valence-corrected chi connectivity index (χ0v) is 18.7. The molecule has 4 aromatic rings. The van der Waals surface area contributed by atoms with Gasteiger partial charge in [-0.25, -0.2) is 9.97 Å². The third-order valence-corrected chi connectivity index (χ3v) is 7.26. The molecule has 3 aliphatic rings. The molecule has 1 saturated heterocycles. The second-order valence-corrected chi connectivity index (χ2v) is 9.15. The standard InChI is InChI=1S/C25H24N8O/c26-22-16-5-1-2-8-19(16)34-25(22)9-13-32(14-10-25)20-15-28-21-23(29-20)30-31-24(21)33-12-4-6-17-18(33)7-3-11-27-17/h1-3,5,7-8,11,15,26H,4,6,9-10,12-14H2,(H,29,30,31). The molecule has 9 heteroatoms.